The number of benzene rings is 1. The maximum atomic E-state index is 13.4. The van der Waals surface area contributed by atoms with Crippen LogP contribution >= 0.6 is 0 Å². The van der Waals surface area contributed by atoms with E-state index >= 15 is 0 Å². The minimum absolute atomic E-state index is 0.0362. The van der Waals surface area contributed by atoms with Gasteiger partial charge in [0.05, 0.1) is 6.04 Å². The molecule has 2 heterocycles. The van der Waals surface area contributed by atoms with Crippen molar-refractivity contribution in [2.24, 2.45) is 5.92 Å². The fourth-order valence-corrected chi connectivity index (χ4v) is 5.21. The minimum Gasteiger partial charge on any atom is -0.354 e. The molecule has 0 spiro atoms. The molecular weight excluding hydrogens is 356 g/mol. The van der Waals surface area contributed by atoms with Crippen LogP contribution in [0.4, 0.5) is 0 Å². The normalized spacial score (nSPS) is 25.0. The lowest BCUT2D eigenvalue weighted by atomic mass is 10.0. The Morgan fingerprint density at radius 1 is 0.929 bits per heavy atom. The van der Waals surface area contributed by atoms with Crippen molar-refractivity contribution >= 4 is 11.8 Å². The third kappa shape index (κ3) is 3.44. The van der Waals surface area contributed by atoms with Gasteiger partial charge >= 0.3 is 0 Å². The number of rotatable bonds is 5. The first-order valence-corrected chi connectivity index (χ1v) is 10.4. The Morgan fingerprint density at radius 3 is 2.18 bits per heavy atom. The van der Waals surface area contributed by atoms with E-state index in [1.54, 1.807) is 14.2 Å². The average molecular weight is 386 g/mol. The smallest absolute Gasteiger partial charge is 0.245 e. The molecule has 2 saturated heterocycles. The molecule has 2 aliphatic heterocycles. The Hall–Kier alpha value is -1.92. The molecule has 6 heteroatoms. The van der Waals surface area contributed by atoms with Crippen molar-refractivity contribution in [2.75, 3.05) is 27.3 Å². The quantitative estimate of drug-likeness (QED) is 0.727. The standard InChI is InChI=1S/C22H30N2O4/c1-27-22(28-2)19-10-6-12-24(19)21(26)18-9-5-11-23(18)20(25)17-13-15-7-3-4-8-16(15)14-17/h3-4,7-8,17-19,22H,5-6,9-14H2,1-2H3/t18-,19-/m0/s1. The van der Waals surface area contributed by atoms with Crippen molar-refractivity contribution in [1.29, 1.82) is 0 Å². The van der Waals surface area contributed by atoms with Crippen molar-refractivity contribution in [3.63, 3.8) is 0 Å². The third-order valence-electron chi connectivity index (χ3n) is 6.58. The summed E-state index contributed by atoms with van der Waals surface area (Å²) in [7, 11) is 3.22. The van der Waals surface area contributed by atoms with Crippen molar-refractivity contribution in [1.82, 2.24) is 9.80 Å². The highest BCUT2D eigenvalue weighted by Gasteiger charge is 2.44. The van der Waals surface area contributed by atoms with Crippen LogP contribution in [-0.4, -0.2) is 67.3 Å². The molecule has 0 saturated carbocycles. The molecule has 0 unspecified atom stereocenters. The highest BCUT2D eigenvalue weighted by molar-refractivity contribution is 5.90. The third-order valence-corrected chi connectivity index (χ3v) is 6.58. The van der Waals surface area contributed by atoms with E-state index in [1.807, 2.05) is 21.9 Å². The van der Waals surface area contributed by atoms with E-state index in [0.29, 0.717) is 13.1 Å². The summed E-state index contributed by atoms with van der Waals surface area (Å²) >= 11 is 0. The maximum absolute atomic E-state index is 13.4. The van der Waals surface area contributed by atoms with Crippen LogP contribution in [0.15, 0.2) is 24.3 Å². The number of carbonyl (C=O) groups excluding carboxylic acids is 2. The summed E-state index contributed by atoms with van der Waals surface area (Å²) in [6.07, 6.45) is 4.61. The van der Waals surface area contributed by atoms with Crippen molar-refractivity contribution in [2.45, 2.75) is 56.9 Å². The Balaban J connectivity index is 1.46. The summed E-state index contributed by atoms with van der Waals surface area (Å²) in [5.41, 5.74) is 2.54. The van der Waals surface area contributed by atoms with Gasteiger partial charge in [-0.3, -0.25) is 9.59 Å². The highest BCUT2D eigenvalue weighted by atomic mass is 16.7. The Labute approximate surface area is 166 Å². The van der Waals surface area contributed by atoms with Gasteiger partial charge in [0.1, 0.15) is 6.04 Å². The van der Waals surface area contributed by atoms with Crippen LogP contribution in [0, 0.1) is 5.92 Å². The van der Waals surface area contributed by atoms with Gasteiger partial charge in [-0.05, 0) is 49.7 Å². The van der Waals surface area contributed by atoms with Crippen molar-refractivity contribution in [3.8, 4) is 0 Å². The second-order valence-electron chi connectivity index (χ2n) is 8.14. The summed E-state index contributed by atoms with van der Waals surface area (Å²) in [6.45, 7) is 1.39. The molecule has 1 aliphatic carbocycles. The molecule has 152 valence electrons. The minimum atomic E-state index is -0.415. The molecule has 1 aromatic carbocycles. The highest BCUT2D eigenvalue weighted by Crippen LogP contribution is 2.32. The Bertz CT molecular complexity index is 708. The van der Waals surface area contributed by atoms with E-state index in [2.05, 4.69) is 12.1 Å². The predicted octanol–water partition coefficient (Wildman–Crippen LogP) is 2.00. The maximum Gasteiger partial charge on any atom is 0.245 e. The van der Waals surface area contributed by atoms with E-state index in [1.165, 1.54) is 11.1 Å². The summed E-state index contributed by atoms with van der Waals surface area (Å²) in [5.74, 6) is 0.159. The van der Waals surface area contributed by atoms with Gasteiger partial charge in [-0.2, -0.15) is 0 Å². The Morgan fingerprint density at radius 2 is 1.54 bits per heavy atom. The van der Waals surface area contributed by atoms with Crippen molar-refractivity contribution in [3.05, 3.63) is 35.4 Å². The molecule has 2 fully saturated rings. The molecule has 1 aromatic rings. The number of amides is 2. The summed E-state index contributed by atoms with van der Waals surface area (Å²) < 4.78 is 10.8. The van der Waals surface area contributed by atoms with Gasteiger partial charge in [-0.25, -0.2) is 0 Å². The van der Waals surface area contributed by atoms with E-state index in [-0.39, 0.29) is 29.8 Å². The van der Waals surface area contributed by atoms with Crippen LogP contribution in [0.2, 0.25) is 0 Å². The fraction of sp³-hybridized carbons (Fsp3) is 0.636. The first-order chi connectivity index (χ1) is 13.6. The number of ether oxygens (including phenoxy) is 2. The van der Waals surface area contributed by atoms with Gasteiger partial charge in [0.25, 0.3) is 0 Å². The van der Waals surface area contributed by atoms with Crippen LogP contribution < -0.4 is 0 Å². The zero-order valence-corrected chi connectivity index (χ0v) is 16.8. The number of fused-ring (bicyclic) bond motifs is 1. The Kier molecular flexibility index (Phi) is 5.69. The van der Waals surface area contributed by atoms with E-state index in [9.17, 15) is 9.59 Å². The zero-order valence-electron chi connectivity index (χ0n) is 16.8. The van der Waals surface area contributed by atoms with E-state index < -0.39 is 6.29 Å². The second-order valence-corrected chi connectivity index (χ2v) is 8.14. The fourth-order valence-electron chi connectivity index (χ4n) is 5.21. The van der Waals surface area contributed by atoms with Gasteiger partial charge in [-0.15, -0.1) is 0 Å². The van der Waals surface area contributed by atoms with Gasteiger partial charge in [0.15, 0.2) is 6.29 Å². The summed E-state index contributed by atoms with van der Waals surface area (Å²) in [5, 5.41) is 0. The lowest BCUT2D eigenvalue weighted by Gasteiger charge is -2.34. The van der Waals surface area contributed by atoms with Gasteiger partial charge in [0, 0.05) is 33.2 Å². The average Bonchev–Trinajstić information content (AvgIpc) is 3.46. The molecule has 28 heavy (non-hydrogen) atoms. The first kappa shape index (κ1) is 19.4. The van der Waals surface area contributed by atoms with Gasteiger partial charge in [0.2, 0.25) is 11.8 Å². The molecule has 0 aromatic heterocycles. The molecule has 3 aliphatic rings. The van der Waals surface area contributed by atoms with Crippen molar-refractivity contribution < 1.29 is 19.1 Å². The van der Waals surface area contributed by atoms with Crippen LogP contribution in [0.5, 0.6) is 0 Å². The number of hydrogen-bond donors (Lipinski definition) is 0. The number of likely N-dealkylation sites (tertiary alicyclic amines) is 2. The molecular formula is C22H30N2O4. The van der Waals surface area contributed by atoms with Gasteiger partial charge < -0.3 is 19.3 Å². The molecule has 0 radical (unpaired) electrons. The second kappa shape index (κ2) is 8.21. The van der Waals surface area contributed by atoms with Gasteiger partial charge in [-0.1, -0.05) is 24.3 Å². The van der Waals surface area contributed by atoms with E-state index in [4.69, 9.17) is 9.47 Å². The molecule has 2 amide bonds. The van der Waals surface area contributed by atoms with Crippen LogP contribution in [0.1, 0.15) is 36.8 Å². The zero-order chi connectivity index (χ0) is 19.7. The molecule has 2 atom stereocenters. The molecule has 0 N–H and O–H groups in total. The SMILES string of the molecule is COC(OC)[C@@H]1CCCN1C(=O)[C@@H]1CCCN1C(=O)C1Cc2ccccc2C1. The molecule has 6 nitrogen and oxygen atoms in total. The number of carbonyl (C=O) groups is 2. The number of hydrogen-bond acceptors (Lipinski definition) is 4. The van der Waals surface area contributed by atoms with Crippen LogP contribution in [0.25, 0.3) is 0 Å². The topological polar surface area (TPSA) is 59.1 Å². The summed E-state index contributed by atoms with van der Waals surface area (Å²) in [4.78, 5) is 30.4. The number of methoxy groups -OCH3 is 2. The van der Waals surface area contributed by atoms with Crippen LogP contribution in [0.3, 0.4) is 0 Å². The first-order valence-electron chi connectivity index (χ1n) is 10.4. The van der Waals surface area contributed by atoms with Crippen LogP contribution in [-0.2, 0) is 31.9 Å². The molecule has 0 bridgehead atoms. The van der Waals surface area contributed by atoms with E-state index in [0.717, 1.165) is 38.5 Å². The molecule has 4 rings (SSSR count). The lowest BCUT2D eigenvalue weighted by molar-refractivity contribution is -0.162. The number of nitrogens with zero attached hydrogens (tertiary/aromatic N) is 2. The summed E-state index contributed by atoms with van der Waals surface area (Å²) in [6, 6.07) is 7.87. The largest absolute Gasteiger partial charge is 0.354 e. The predicted molar refractivity (Wildman–Crippen MR) is 105 cm³/mol. The lowest BCUT2D eigenvalue weighted by Crippen LogP contribution is -2.53. The monoisotopic (exact) mass is 386 g/mol.